The van der Waals surface area contributed by atoms with Crippen LogP contribution < -0.4 is 5.32 Å². The molecule has 1 N–H and O–H groups in total. The molecule has 0 aliphatic heterocycles. The Balaban J connectivity index is 1.76. The number of rotatable bonds is 9. The van der Waals surface area contributed by atoms with E-state index >= 15 is 0 Å². The summed E-state index contributed by atoms with van der Waals surface area (Å²) in [7, 11) is 2.26. The first-order chi connectivity index (χ1) is 9.60. The van der Waals surface area contributed by atoms with Crippen LogP contribution in [0.25, 0.3) is 0 Å². The van der Waals surface area contributed by atoms with Crippen LogP contribution in [0.15, 0.2) is 0 Å². The standard InChI is InChI=1S/C17H34N2O/c1-15(2)20-12-11-19(3)14-17(9-5-4-6-10-17)13-18-16-7-8-16/h15-16,18H,4-14H2,1-3H3. The zero-order chi connectivity index (χ0) is 14.4. The van der Waals surface area contributed by atoms with Gasteiger partial charge in [-0.15, -0.1) is 0 Å². The van der Waals surface area contributed by atoms with Gasteiger partial charge in [-0.1, -0.05) is 19.3 Å². The first kappa shape index (κ1) is 16.3. The fraction of sp³-hybridized carbons (Fsp3) is 1.00. The van der Waals surface area contributed by atoms with E-state index in [2.05, 4.69) is 31.1 Å². The Morgan fingerprint density at radius 2 is 1.90 bits per heavy atom. The summed E-state index contributed by atoms with van der Waals surface area (Å²) in [5.74, 6) is 0. The predicted octanol–water partition coefficient (Wildman–Crippen LogP) is 3.05. The van der Waals surface area contributed by atoms with E-state index in [9.17, 15) is 0 Å². The van der Waals surface area contributed by atoms with E-state index in [-0.39, 0.29) is 0 Å². The molecule has 2 aliphatic carbocycles. The van der Waals surface area contributed by atoms with Gasteiger partial charge in [0.15, 0.2) is 0 Å². The summed E-state index contributed by atoms with van der Waals surface area (Å²) in [6, 6.07) is 0.836. The molecule has 0 spiro atoms. The van der Waals surface area contributed by atoms with E-state index in [1.54, 1.807) is 0 Å². The normalized spacial score (nSPS) is 22.6. The molecule has 2 aliphatic rings. The van der Waals surface area contributed by atoms with Crippen LogP contribution in [-0.2, 0) is 4.74 Å². The Kier molecular flexibility index (Phi) is 6.31. The molecular formula is C17H34N2O. The van der Waals surface area contributed by atoms with Gasteiger partial charge in [0.2, 0.25) is 0 Å². The zero-order valence-electron chi connectivity index (χ0n) is 13.8. The third-order valence-electron chi connectivity index (χ3n) is 4.79. The molecule has 118 valence electrons. The SMILES string of the molecule is CC(C)OCCN(C)CC1(CNC2CC2)CCCCC1. The lowest BCUT2D eigenvalue weighted by Gasteiger charge is -2.40. The van der Waals surface area contributed by atoms with Crippen LogP contribution in [-0.4, -0.2) is 50.3 Å². The maximum Gasteiger partial charge on any atom is 0.0596 e. The first-order valence-corrected chi connectivity index (χ1v) is 8.63. The number of nitrogens with one attached hydrogen (secondary N) is 1. The van der Waals surface area contributed by atoms with E-state index in [0.29, 0.717) is 11.5 Å². The second-order valence-corrected chi connectivity index (χ2v) is 7.37. The minimum atomic E-state index is 0.351. The topological polar surface area (TPSA) is 24.5 Å². The van der Waals surface area contributed by atoms with Gasteiger partial charge in [-0.05, 0) is 52.0 Å². The summed E-state index contributed by atoms with van der Waals surface area (Å²) in [5.41, 5.74) is 0.521. The lowest BCUT2D eigenvalue weighted by atomic mass is 9.73. The lowest BCUT2D eigenvalue weighted by Crippen LogP contribution is -2.45. The molecule has 3 nitrogen and oxygen atoms in total. The van der Waals surface area contributed by atoms with Crippen molar-refractivity contribution in [2.75, 3.05) is 33.3 Å². The molecule has 0 saturated heterocycles. The summed E-state index contributed by atoms with van der Waals surface area (Å²) < 4.78 is 5.69. The van der Waals surface area contributed by atoms with Gasteiger partial charge in [0.05, 0.1) is 12.7 Å². The van der Waals surface area contributed by atoms with Crippen molar-refractivity contribution in [3.63, 3.8) is 0 Å². The molecule has 0 radical (unpaired) electrons. The van der Waals surface area contributed by atoms with Crippen LogP contribution in [0, 0.1) is 5.41 Å². The molecule has 0 heterocycles. The third kappa shape index (κ3) is 5.71. The smallest absolute Gasteiger partial charge is 0.0596 e. The molecule has 2 saturated carbocycles. The Labute approximate surface area is 125 Å². The monoisotopic (exact) mass is 282 g/mol. The summed E-state index contributed by atoms with van der Waals surface area (Å²) in [6.07, 6.45) is 10.2. The maximum absolute atomic E-state index is 5.69. The van der Waals surface area contributed by atoms with E-state index in [4.69, 9.17) is 4.74 Å². The van der Waals surface area contributed by atoms with Crippen molar-refractivity contribution < 1.29 is 4.74 Å². The van der Waals surface area contributed by atoms with Crippen molar-refractivity contribution >= 4 is 0 Å². The van der Waals surface area contributed by atoms with Crippen LogP contribution in [0.4, 0.5) is 0 Å². The molecule has 0 aromatic heterocycles. The summed E-state index contributed by atoms with van der Waals surface area (Å²) in [4.78, 5) is 2.49. The average Bonchev–Trinajstić information content (AvgIpc) is 3.21. The minimum Gasteiger partial charge on any atom is -0.377 e. The van der Waals surface area contributed by atoms with E-state index in [1.807, 2.05) is 0 Å². The summed E-state index contributed by atoms with van der Waals surface area (Å²) >= 11 is 0. The van der Waals surface area contributed by atoms with Crippen molar-refractivity contribution in [2.45, 2.75) is 70.9 Å². The number of nitrogens with zero attached hydrogens (tertiary/aromatic N) is 1. The number of ether oxygens (including phenoxy) is 1. The average molecular weight is 282 g/mol. The van der Waals surface area contributed by atoms with Gasteiger partial charge in [0, 0.05) is 25.7 Å². The third-order valence-corrected chi connectivity index (χ3v) is 4.79. The molecule has 20 heavy (non-hydrogen) atoms. The van der Waals surface area contributed by atoms with Gasteiger partial charge in [-0.25, -0.2) is 0 Å². The maximum atomic E-state index is 5.69. The quantitative estimate of drug-likeness (QED) is 0.703. The van der Waals surface area contributed by atoms with Crippen molar-refractivity contribution in [3.05, 3.63) is 0 Å². The van der Waals surface area contributed by atoms with Crippen LogP contribution in [0.5, 0.6) is 0 Å². The van der Waals surface area contributed by atoms with Crippen LogP contribution in [0.3, 0.4) is 0 Å². The van der Waals surface area contributed by atoms with Crippen molar-refractivity contribution in [3.8, 4) is 0 Å². The van der Waals surface area contributed by atoms with Crippen LogP contribution in [0.2, 0.25) is 0 Å². The van der Waals surface area contributed by atoms with Crippen LogP contribution in [0.1, 0.15) is 58.8 Å². The number of hydrogen-bond donors (Lipinski definition) is 1. The lowest BCUT2D eigenvalue weighted by molar-refractivity contribution is 0.0475. The summed E-state index contributed by atoms with van der Waals surface area (Å²) in [5, 5.41) is 3.79. The Morgan fingerprint density at radius 1 is 1.20 bits per heavy atom. The highest BCUT2D eigenvalue weighted by molar-refractivity contribution is 4.91. The molecule has 0 bridgehead atoms. The summed E-state index contributed by atoms with van der Waals surface area (Å²) in [6.45, 7) is 8.61. The van der Waals surface area contributed by atoms with Crippen LogP contribution >= 0.6 is 0 Å². The van der Waals surface area contributed by atoms with Crippen molar-refractivity contribution in [2.24, 2.45) is 5.41 Å². The van der Waals surface area contributed by atoms with E-state index < -0.39 is 0 Å². The molecular weight excluding hydrogens is 248 g/mol. The second-order valence-electron chi connectivity index (χ2n) is 7.37. The molecule has 0 aromatic rings. The molecule has 0 unspecified atom stereocenters. The molecule has 0 atom stereocenters. The predicted molar refractivity (Wildman–Crippen MR) is 85.1 cm³/mol. The molecule has 2 fully saturated rings. The molecule has 0 amide bonds. The molecule has 2 rings (SSSR count). The van der Waals surface area contributed by atoms with E-state index in [1.165, 1.54) is 58.0 Å². The second kappa shape index (κ2) is 7.77. The fourth-order valence-corrected chi connectivity index (χ4v) is 3.44. The molecule has 3 heteroatoms. The van der Waals surface area contributed by atoms with Crippen molar-refractivity contribution in [1.29, 1.82) is 0 Å². The number of likely N-dealkylation sites (N-methyl/N-ethyl adjacent to an activating group) is 1. The Hall–Kier alpha value is -0.120. The zero-order valence-corrected chi connectivity index (χ0v) is 13.8. The van der Waals surface area contributed by atoms with Gasteiger partial charge in [-0.2, -0.15) is 0 Å². The fourth-order valence-electron chi connectivity index (χ4n) is 3.44. The Morgan fingerprint density at radius 3 is 2.50 bits per heavy atom. The molecule has 0 aromatic carbocycles. The van der Waals surface area contributed by atoms with Gasteiger partial charge in [0.25, 0.3) is 0 Å². The van der Waals surface area contributed by atoms with Gasteiger partial charge >= 0.3 is 0 Å². The Bertz CT molecular complexity index is 270. The van der Waals surface area contributed by atoms with Gasteiger partial charge in [0.1, 0.15) is 0 Å². The minimum absolute atomic E-state index is 0.351. The number of hydrogen-bond acceptors (Lipinski definition) is 3. The van der Waals surface area contributed by atoms with E-state index in [0.717, 1.165) is 19.2 Å². The highest BCUT2D eigenvalue weighted by atomic mass is 16.5. The first-order valence-electron chi connectivity index (χ1n) is 8.63. The highest BCUT2D eigenvalue weighted by Gasteiger charge is 2.34. The van der Waals surface area contributed by atoms with Crippen molar-refractivity contribution in [1.82, 2.24) is 10.2 Å². The van der Waals surface area contributed by atoms with Gasteiger partial charge < -0.3 is 15.0 Å². The highest BCUT2D eigenvalue weighted by Crippen LogP contribution is 2.37. The van der Waals surface area contributed by atoms with Gasteiger partial charge in [-0.3, -0.25) is 0 Å². The largest absolute Gasteiger partial charge is 0.377 e.